The second kappa shape index (κ2) is 12.5. The fourth-order valence-electron chi connectivity index (χ4n) is 3.28. The Bertz CT molecular complexity index is 565. The summed E-state index contributed by atoms with van der Waals surface area (Å²) in [5.74, 6) is 0.550. The number of methoxy groups -OCH3 is 2. The average Bonchev–Trinajstić information content (AvgIpc) is 2.62. The van der Waals surface area contributed by atoms with Crippen molar-refractivity contribution < 1.29 is 13.9 Å². The number of hydrogen-bond acceptors (Lipinski definition) is 3. The normalized spacial score (nSPS) is 16.8. The summed E-state index contributed by atoms with van der Waals surface area (Å²) in [6.07, 6.45) is 4.61. The van der Waals surface area contributed by atoms with Crippen molar-refractivity contribution in [1.29, 1.82) is 0 Å². The Balaban J connectivity index is 0.00000364. The zero-order valence-corrected chi connectivity index (χ0v) is 18.9. The number of nitrogens with zero attached hydrogens (tertiary/aromatic N) is 1. The molecule has 2 N–H and O–H groups in total. The van der Waals surface area contributed by atoms with E-state index in [0.29, 0.717) is 6.54 Å². The maximum absolute atomic E-state index is 13.1. The van der Waals surface area contributed by atoms with Crippen LogP contribution in [0.15, 0.2) is 29.3 Å². The van der Waals surface area contributed by atoms with Crippen LogP contribution in [-0.4, -0.2) is 46.4 Å². The highest BCUT2D eigenvalue weighted by Crippen LogP contribution is 2.44. The van der Waals surface area contributed by atoms with Crippen molar-refractivity contribution in [3.63, 3.8) is 0 Å². The third-order valence-corrected chi connectivity index (χ3v) is 5.15. The van der Waals surface area contributed by atoms with E-state index in [-0.39, 0.29) is 41.3 Å². The summed E-state index contributed by atoms with van der Waals surface area (Å²) >= 11 is 0. The molecule has 1 fully saturated rings. The molecule has 0 aromatic heterocycles. The lowest BCUT2D eigenvalue weighted by atomic mass is 9.67. The summed E-state index contributed by atoms with van der Waals surface area (Å²) in [5, 5.41) is 6.64. The van der Waals surface area contributed by atoms with E-state index in [4.69, 9.17) is 14.5 Å². The van der Waals surface area contributed by atoms with Gasteiger partial charge in [0.05, 0.1) is 6.10 Å². The molecule has 1 atom stereocenters. The minimum Gasteiger partial charge on any atom is -0.385 e. The molecule has 0 spiro atoms. The summed E-state index contributed by atoms with van der Waals surface area (Å²) in [6.45, 7) is 5.01. The van der Waals surface area contributed by atoms with Crippen LogP contribution in [0.3, 0.4) is 0 Å². The van der Waals surface area contributed by atoms with Crippen LogP contribution in [0.5, 0.6) is 0 Å². The molecule has 5 nitrogen and oxygen atoms in total. The quantitative estimate of drug-likeness (QED) is 0.295. The molecular formula is C20H33FIN3O2. The Morgan fingerprint density at radius 1 is 1.22 bits per heavy atom. The molecule has 1 unspecified atom stereocenters. The van der Waals surface area contributed by atoms with Gasteiger partial charge in [0.15, 0.2) is 5.96 Å². The summed E-state index contributed by atoms with van der Waals surface area (Å²) in [6, 6.07) is 6.42. The van der Waals surface area contributed by atoms with Crippen LogP contribution in [-0.2, 0) is 9.47 Å². The summed E-state index contributed by atoms with van der Waals surface area (Å²) in [7, 11) is 3.41. The van der Waals surface area contributed by atoms with Crippen LogP contribution >= 0.6 is 24.0 Å². The van der Waals surface area contributed by atoms with Crippen LogP contribution in [0.4, 0.5) is 4.39 Å². The van der Waals surface area contributed by atoms with Crippen LogP contribution < -0.4 is 10.6 Å². The minimum atomic E-state index is -0.242. The summed E-state index contributed by atoms with van der Waals surface area (Å²) in [5.41, 5.74) is 1.23. The largest absolute Gasteiger partial charge is 0.385 e. The van der Waals surface area contributed by atoms with Gasteiger partial charge in [0, 0.05) is 40.5 Å². The number of rotatable bonds is 10. The van der Waals surface area contributed by atoms with Gasteiger partial charge in [-0.15, -0.1) is 24.0 Å². The Labute approximate surface area is 179 Å². The van der Waals surface area contributed by atoms with Gasteiger partial charge < -0.3 is 20.1 Å². The molecule has 2 rings (SSSR count). The lowest BCUT2D eigenvalue weighted by Gasteiger charge is -2.40. The van der Waals surface area contributed by atoms with Crippen LogP contribution in [0.2, 0.25) is 0 Å². The topological polar surface area (TPSA) is 54.9 Å². The number of guanidine groups is 1. The number of ether oxygens (including phenoxy) is 2. The maximum Gasteiger partial charge on any atom is 0.191 e. The molecule has 1 aliphatic carbocycles. The van der Waals surface area contributed by atoms with Gasteiger partial charge in [0.1, 0.15) is 5.82 Å². The molecule has 154 valence electrons. The molecule has 1 aromatic carbocycles. The lowest BCUT2D eigenvalue weighted by Crippen LogP contribution is -2.41. The molecule has 0 amide bonds. The van der Waals surface area contributed by atoms with Gasteiger partial charge in [-0.3, -0.25) is 4.99 Å². The van der Waals surface area contributed by atoms with Crippen molar-refractivity contribution in [3.8, 4) is 0 Å². The highest BCUT2D eigenvalue weighted by Gasteiger charge is 2.36. The molecule has 27 heavy (non-hydrogen) atoms. The molecule has 0 heterocycles. The predicted octanol–water partition coefficient (Wildman–Crippen LogP) is 3.89. The Kier molecular flexibility index (Phi) is 11.2. The van der Waals surface area contributed by atoms with Gasteiger partial charge in [-0.1, -0.05) is 18.6 Å². The standard InChI is InChI=1S/C20H32FN3O2.HI/c1-4-22-19(24-15-20(10-5-11-20)12-13-25-2)23-14-18(26-3)16-6-8-17(21)9-7-16;/h6-9,18H,4-5,10-15H2,1-3H3,(H2,22,23,24);1H. The first-order chi connectivity index (χ1) is 12.6. The zero-order valence-electron chi connectivity index (χ0n) is 16.6. The number of halogens is 2. The lowest BCUT2D eigenvalue weighted by molar-refractivity contribution is 0.0777. The molecule has 0 aliphatic heterocycles. The Morgan fingerprint density at radius 3 is 2.44 bits per heavy atom. The SMILES string of the molecule is CCNC(=NCC1(CCOC)CCC1)NCC(OC)c1ccc(F)cc1.I. The van der Waals surface area contributed by atoms with Gasteiger partial charge >= 0.3 is 0 Å². The molecule has 0 bridgehead atoms. The van der Waals surface area contributed by atoms with Gasteiger partial charge in [-0.25, -0.2) is 4.39 Å². The second-order valence-electron chi connectivity index (χ2n) is 6.95. The fourth-order valence-corrected chi connectivity index (χ4v) is 3.28. The van der Waals surface area contributed by atoms with Crippen molar-refractivity contribution in [2.75, 3.05) is 40.5 Å². The molecule has 1 aliphatic rings. The third-order valence-electron chi connectivity index (χ3n) is 5.15. The first-order valence-electron chi connectivity index (χ1n) is 9.42. The molecule has 7 heteroatoms. The zero-order chi connectivity index (χ0) is 18.8. The highest BCUT2D eigenvalue weighted by atomic mass is 127. The van der Waals surface area contributed by atoms with Crippen molar-refractivity contribution in [3.05, 3.63) is 35.6 Å². The molecule has 1 aromatic rings. The Morgan fingerprint density at radius 2 is 1.93 bits per heavy atom. The van der Waals surface area contributed by atoms with Gasteiger partial charge in [0.2, 0.25) is 0 Å². The fraction of sp³-hybridized carbons (Fsp3) is 0.650. The van der Waals surface area contributed by atoms with Crippen molar-refractivity contribution >= 4 is 29.9 Å². The van der Waals surface area contributed by atoms with Crippen LogP contribution in [0, 0.1) is 11.2 Å². The van der Waals surface area contributed by atoms with Crippen molar-refractivity contribution in [1.82, 2.24) is 10.6 Å². The molecule has 0 radical (unpaired) electrons. The monoisotopic (exact) mass is 493 g/mol. The number of aliphatic imine (C=N–C) groups is 1. The molecular weight excluding hydrogens is 460 g/mol. The van der Waals surface area contributed by atoms with E-state index in [0.717, 1.165) is 37.6 Å². The summed E-state index contributed by atoms with van der Waals surface area (Å²) < 4.78 is 23.9. The van der Waals surface area contributed by atoms with Gasteiger partial charge in [0.25, 0.3) is 0 Å². The second-order valence-corrected chi connectivity index (χ2v) is 6.95. The van der Waals surface area contributed by atoms with E-state index in [2.05, 4.69) is 17.6 Å². The molecule has 0 saturated heterocycles. The molecule has 1 saturated carbocycles. The van der Waals surface area contributed by atoms with Crippen LogP contribution in [0.1, 0.15) is 44.3 Å². The van der Waals surface area contributed by atoms with Gasteiger partial charge in [-0.2, -0.15) is 0 Å². The van der Waals surface area contributed by atoms with E-state index in [1.165, 1.54) is 31.4 Å². The number of nitrogens with one attached hydrogen (secondary N) is 2. The van der Waals surface area contributed by atoms with E-state index in [1.807, 2.05) is 0 Å². The smallest absolute Gasteiger partial charge is 0.191 e. The average molecular weight is 493 g/mol. The van der Waals surface area contributed by atoms with E-state index < -0.39 is 0 Å². The van der Waals surface area contributed by atoms with Crippen molar-refractivity contribution in [2.45, 2.75) is 38.7 Å². The third kappa shape index (κ3) is 7.54. The van der Waals surface area contributed by atoms with E-state index in [9.17, 15) is 4.39 Å². The van der Waals surface area contributed by atoms with Gasteiger partial charge in [-0.05, 0) is 49.3 Å². The van der Waals surface area contributed by atoms with Crippen molar-refractivity contribution in [2.24, 2.45) is 10.4 Å². The Hall–Kier alpha value is -0.930. The number of hydrogen-bond donors (Lipinski definition) is 2. The number of benzene rings is 1. The van der Waals surface area contributed by atoms with E-state index in [1.54, 1.807) is 26.4 Å². The first kappa shape index (κ1) is 24.1. The minimum absolute atomic E-state index is 0. The van der Waals surface area contributed by atoms with Crippen LogP contribution in [0.25, 0.3) is 0 Å². The highest BCUT2D eigenvalue weighted by molar-refractivity contribution is 14.0. The summed E-state index contributed by atoms with van der Waals surface area (Å²) in [4.78, 5) is 4.80. The predicted molar refractivity (Wildman–Crippen MR) is 118 cm³/mol. The first-order valence-corrected chi connectivity index (χ1v) is 9.42. The maximum atomic E-state index is 13.1. The van der Waals surface area contributed by atoms with E-state index >= 15 is 0 Å².